The van der Waals surface area contributed by atoms with Gasteiger partial charge in [0.1, 0.15) is 6.10 Å². The van der Waals surface area contributed by atoms with Gasteiger partial charge in [0.25, 0.3) is 0 Å². The van der Waals surface area contributed by atoms with Crippen LogP contribution in [0.15, 0.2) is 24.3 Å². The fourth-order valence-electron chi connectivity index (χ4n) is 1.15. The molecule has 4 N–H and O–H groups in total. The Morgan fingerprint density at radius 1 is 1.38 bits per heavy atom. The molecule has 2 atom stereocenters. The third-order valence-electron chi connectivity index (χ3n) is 1.99. The van der Waals surface area contributed by atoms with E-state index in [4.69, 9.17) is 10.8 Å². The number of rotatable bonds is 3. The summed E-state index contributed by atoms with van der Waals surface area (Å²) >= 11 is 0. The van der Waals surface area contributed by atoms with Crippen molar-refractivity contribution in [3.8, 4) is 0 Å². The second-order valence-electron chi connectivity index (χ2n) is 3.16. The van der Waals surface area contributed by atoms with E-state index in [9.17, 15) is 5.11 Å². The van der Waals surface area contributed by atoms with Gasteiger partial charge in [0.05, 0.1) is 6.61 Å². The highest BCUT2D eigenvalue weighted by atomic mass is 16.3. The number of hydrogen-bond acceptors (Lipinski definition) is 3. The number of benzene rings is 1. The van der Waals surface area contributed by atoms with Gasteiger partial charge >= 0.3 is 0 Å². The first-order valence-corrected chi connectivity index (χ1v) is 4.29. The molecule has 72 valence electrons. The minimum atomic E-state index is -0.807. The van der Waals surface area contributed by atoms with Crippen LogP contribution in [0.25, 0.3) is 0 Å². The van der Waals surface area contributed by atoms with Crippen LogP contribution in [0.4, 0.5) is 0 Å². The van der Waals surface area contributed by atoms with Crippen LogP contribution in [0.2, 0.25) is 0 Å². The Bertz CT molecular complexity index is 273. The molecule has 0 fully saturated rings. The summed E-state index contributed by atoms with van der Waals surface area (Å²) in [5, 5.41) is 18.1. The lowest BCUT2D eigenvalue weighted by molar-refractivity contribution is 0.0955. The summed E-state index contributed by atoms with van der Waals surface area (Å²) in [6.45, 7) is 1.62. The van der Waals surface area contributed by atoms with Crippen molar-refractivity contribution in [3.63, 3.8) is 0 Å². The second kappa shape index (κ2) is 4.37. The van der Waals surface area contributed by atoms with Crippen molar-refractivity contribution < 1.29 is 10.2 Å². The van der Waals surface area contributed by atoms with E-state index in [0.717, 1.165) is 5.56 Å². The van der Waals surface area contributed by atoms with Crippen molar-refractivity contribution in [1.82, 2.24) is 0 Å². The van der Waals surface area contributed by atoms with E-state index in [2.05, 4.69) is 0 Å². The van der Waals surface area contributed by atoms with Crippen molar-refractivity contribution in [2.75, 3.05) is 6.61 Å². The molecule has 2 unspecified atom stereocenters. The predicted octanol–water partition coefficient (Wildman–Crippen LogP) is 0.732. The molecule has 0 saturated carbocycles. The lowest BCUT2D eigenvalue weighted by atomic mass is 10.0. The Morgan fingerprint density at radius 2 is 2.00 bits per heavy atom. The molecule has 0 spiro atoms. The van der Waals surface area contributed by atoms with Gasteiger partial charge in [-0.3, -0.25) is 0 Å². The molecule has 1 aromatic carbocycles. The van der Waals surface area contributed by atoms with Gasteiger partial charge < -0.3 is 15.9 Å². The van der Waals surface area contributed by atoms with Crippen LogP contribution in [-0.2, 0) is 0 Å². The molecule has 3 heteroatoms. The summed E-state index contributed by atoms with van der Waals surface area (Å²) in [5.74, 6) is 0. The molecule has 0 amide bonds. The summed E-state index contributed by atoms with van der Waals surface area (Å²) in [6.07, 6.45) is -0.807. The monoisotopic (exact) mass is 181 g/mol. The molecular formula is C10H15NO2. The number of aliphatic hydroxyl groups excluding tert-OH is 2. The maximum Gasteiger partial charge on any atom is 0.102 e. The van der Waals surface area contributed by atoms with E-state index in [1.54, 1.807) is 6.07 Å². The Labute approximate surface area is 77.8 Å². The van der Waals surface area contributed by atoms with Crippen LogP contribution in [-0.4, -0.2) is 16.8 Å². The van der Waals surface area contributed by atoms with Crippen LogP contribution in [0.5, 0.6) is 0 Å². The summed E-state index contributed by atoms with van der Waals surface area (Å²) in [4.78, 5) is 0. The maximum atomic E-state index is 9.34. The van der Waals surface area contributed by atoms with Crippen LogP contribution >= 0.6 is 0 Å². The molecule has 1 rings (SSSR count). The third-order valence-corrected chi connectivity index (χ3v) is 1.99. The molecule has 0 aromatic heterocycles. The Kier molecular flexibility index (Phi) is 3.42. The maximum absolute atomic E-state index is 9.34. The molecule has 3 nitrogen and oxygen atoms in total. The summed E-state index contributed by atoms with van der Waals surface area (Å²) < 4.78 is 0. The van der Waals surface area contributed by atoms with Crippen LogP contribution < -0.4 is 5.73 Å². The quantitative estimate of drug-likeness (QED) is 0.644. The first-order chi connectivity index (χ1) is 6.15. The Balaban J connectivity index is 2.91. The van der Waals surface area contributed by atoms with Gasteiger partial charge in [-0.2, -0.15) is 0 Å². The minimum Gasteiger partial charge on any atom is -0.393 e. The molecule has 0 aliphatic carbocycles. The smallest absolute Gasteiger partial charge is 0.102 e. The number of hydrogen-bond donors (Lipinski definition) is 3. The number of aliphatic hydroxyl groups is 2. The highest BCUT2D eigenvalue weighted by molar-refractivity contribution is 5.26. The van der Waals surface area contributed by atoms with E-state index < -0.39 is 6.10 Å². The van der Waals surface area contributed by atoms with Crippen molar-refractivity contribution in [2.24, 2.45) is 5.73 Å². The molecule has 0 heterocycles. The summed E-state index contributed by atoms with van der Waals surface area (Å²) in [6, 6.07) is 7.26. The predicted molar refractivity (Wildman–Crippen MR) is 51.1 cm³/mol. The zero-order valence-corrected chi connectivity index (χ0v) is 7.64. The minimum absolute atomic E-state index is 0.0501. The molecule has 0 aliphatic rings. The van der Waals surface area contributed by atoms with Gasteiger partial charge in [0.15, 0.2) is 0 Å². The van der Waals surface area contributed by atoms with E-state index in [1.807, 2.05) is 25.1 Å². The molecule has 0 saturated heterocycles. The van der Waals surface area contributed by atoms with Crippen molar-refractivity contribution in [2.45, 2.75) is 19.1 Å². The first-order valence-electron chi connectivity index (χ1n) is 4.29. The Morgan fingerprint density at radius 3 is 2.54 bits per heavy atom. The second-order valence-corrected chi connectivity index (χ2v) is 3.16. The first kappa shape index (κ1) is 10.2. The van der Waals surface area contributed by atoms with E-state index in [1.165, 1.54) is 0 Å². The topological polar surface area (TPSA) is 66.5 Å². The third kappa shape index (κ3) is 2.52. The highest BCUT2D eigenvalue weighted by Gasteiger charge is 2.07. The van der Waals surface area contributed by atoms with Crippen LogP contribution in [0.1, 0.15) is 30.2 Å². The van der Waals surface area contributed by atoms with E-state index in [-0.39, 0.29) is 12.6 Å². The average molecular weight is 181 g/mol. The standard InChI is InChI=1S/C10H15NO2/c1-7(11)8-3-2-4-9(5-8)10(13)6-12/h2-5,7,10,12-13H,6,11H2,1H3. The summed E-state index contributed by atoms with van der Waals surface area (Å²) in [7, 11) is 0. The zero-order chi connectivity index (χ0) is 9.84. The van der Waals surface area contributed by atoms with E-state index >= 15 is 0 Å². The van der Waals surface area contributed by atoms with Crippen molar-refractivity contribution >= 4 is 0 Å². The largest absolute Gasteiger partial charge is 0.393 e. The summed E-state index contributed by atoms with van der Waals surface area (Å²) in [5.41, 5.74) is 7.35. The van der Waals surface area contributed by atoms with Gasteiger partial charge in [-0.25, -0.2) is 0 Å². The average Bonchev–Trinajstić information content (AvgIpc) is 2.17. The lowest BCUT2D eigenvalue weighted by Crippen LogP contribution is -2.07. The van der Waals surface area contributed by atoms with Gasteiger partial charge in [0.2, 0.25) is 0 Å². The van der Waals surface area contributed by atoms with Gasteiger partial charge in [-0.15, -0.1) is 0 Å². The molecular weight excluding hydrogens is 166 g/mol. The van der Waals surface area contributed by atoms with Crippen LogP contribution in [0, 0.1) is 0 Å². The highest BCUT2D eigenvalue weighted by Crippen LogP contribution is 2.17. The molecule has 1 aromatic rings. The van der Waals surface area contributed by atoms with Gasteiger partial charge in [0, 0.05) is 6.04 Å². The SMILES string of the molecule is CC(N)c1cccc(C(O)CO)c1. The normalized spacial score (nSPS) is 15.4. The van der Waals surface area contributed by atoms with Gasteiger partial charge in [-0.05, 0) is 18.1 Å². The molecule has 0 bridgehead atoms. The lowest BCUT2D eigenvalue weighted by Gasteiger charge is -2.11. The van der Waals surface area contributed by atoms with Crippen molar-refractivity contribution in [1.29, 1.82) is 0 Å². The zero-order valence-electron chi connectivity index (χ0n) is 7.64. The molecule has 13 heavy (non-hydrogen) atoms. The number of nitrogens with two attached hydrogens (primary N) is 1. The van der Waals surface area contributed by atoms with E-state index in [0.29, 0.717) is 5.56 Å². The fraction of sp³-hybridized carbons (Fsp3) is 0.400. The van der Waals surface area contributed by atoms with Crippen molar-refractivity contribution in [3.05, 3.63) is 35.4 Å². The Hall–Kier alpha value is -0.900. The van der Waals surface area contributed by atoms with Gasteiger partial charge in [-0.1, -0.05) is 24.3 Å². The van der Waals surface area contributed by atoms with Crippen LogP contribution in [0.3, 0.4) is 0 Å². The fourth-order valence-corrected chi connectivity index (χ4v) is 1.15. The molecule has 0 radical (unpaired) electrons. The molecule has 0 aliphatic heterocycles.